The second-order valence-corrected chi connectivity index (χ2v) is 8.86. The number of halogens is 1. The second kappa shape index (κ2) is 9.67. The first-order valence-electron chi connectivity index (χ1n) is 10.6. The number of thiazole rings is 1. The van der Waals surface area contributed by atoms with Crippen LogP contribution in [0.4, 0.5) is 0 Å². The highest BCUT2D eigenvalue weighted by Crippen LogP contribution is 2.33. The molecule has 34 heavy (non-hydrogen) atoms. The Balaban J connectivity index is 1.33. The van der Waals surface area contributed by atoms with Gasteiger partial charge in [0.25, 0.3) is 0 Å². The molecule has 2 heterocycles. The Kier molecular flexibility index (Phi) is 6.29. The van der Waals surface area contributed by atoms with Crippen molar-refractivity contribution < 1.29 is 9.47 Å². The first kappa shape index (κ1) is 22.1. The fraction of sp³-hybridized carbons (Fsp3) is 0.115. The van der Waals surface area contributed by atoms with Gasteiger partial charge < -0.3 is 9.47 Å². The van der Waals surface area contributed by atoms with Crippen LogP contribution >= 0.6 is 22.9 Å². The van der Waals surface area contributed by atoms with Gasteiger partial charge in [-0.1, -0.05) is 47.1 Å². The Morgan fingerprint density at radius 1 is 1.00 bits per heavy atom. The van der Waals surface area contributed by atoms with Crippen LogP contribution in [0.2, 0.25) is 5.02 Å². The van der Waals surface area contributed by atoms with Crippen LogP contribution in [0.15, 0.2) is 78.2 Å². The third-order valence-corrected chi connectivity index (χ3v) is 6.52. The van der Waals surface area contributed by atoms with E-state index in [0.29, 0.717) is 17.4 Å². The van der Waals surface area contributed by atoms with Crippen LogP contribution in [-0.2, 0) is 6.61 Å². The lowest BCUT2D eigenvalue weighted by Gasteiger charge is -2.08. The van der Waals surface area contributed by atoms with Gasteiger partial charge in [0.05, 0.1) is 29.2 Å². The number of ether oxygens (including phenoxy) is 2. The number of hydrogen-bond acceptors (Lipinski definition) is 6. The predicted octanol–water partition coefficient (Wildman–Crippen LogP) is 6.61. The molecule has 0 aliphatic rings. The molecule has 0 N–H and O–H groups in total. The molecule has 0 bridgehead atoms. The summed E-state index contributed by atoms with van der Waals surface area (Å²) in [5.74, 6) is 1.43. The first-order valence-corrected chi connectivity index (χ1v) is 11.9. The normalized spacial score (nSPS) is 10.9. The molecule has 0 radical (unpaired) electrons. The van der Waals surface area contributed by atoms with Crippen molar-refractivity contribution in [3.63, 3.8) is 0 Å². The van der Waals surface area contributed by atoms with Gasteiger partial charge in [0.1, 0.15) is 28.8 Å². The van der Waals surface area contributed by atoms with Gasteiger partial charge in [-0.2, -0.15) is 0 Å². The van der Waals surface area contributed by atoms with Crippen molar-refractivity contribution in [3.8, 4) is 39.1 Å². The van der Waals surface area contributed by atoms with Gasteiger partial charge in [-0.15, -0.1) is 16.4 Å². The molecule has 0 saturated carbocycles. The highest BCUT2D eigenvalue weighted by Gasteiger charge is 2.16. The van der Waals surface area contributed by atoms with Crippen molar-refractivity contribution in [3.05, 3.63) is 94.5 Å². The van der Waals surface area contributed by atoms with Gasteiger partial charge in [0.2, 0.25) is 0 Å². The molecule has 0 aliphatic carbocycles. The molecule has 3 aromatic carbocycles. The molecule has 2 aromatic heterocycles. The lowest BCUT2D eigenvalue weighted by Crippen LogP contribution is -2.00. The highest BCUT2D eigenvalue weighted by molar-refractivity contribution is 7.13. The Bertz CT molecular complexity index is 1410. The SMILES string of the molecule is COc1ccc(-c2csc(-c3nnn(-c4ccc(OCc5ccccc5)cc4)c3C)n2)cc1Cl. The molecule has 5 rings (SSSR count). The van der Waals surface area contributed by atoms with E-state index in [9.17, 15) is 0 Å². The van der Waals surface area contributed by atoms with Crippen LogP contribution in [0.3, 0.4) is 0 Å². The van der Waals surface area contributed by atoms with Crippen molar-refractivity contribution in [1.82, 2.24) is 20.0 Å². The Labute approximate surface area is 206 Å². The average Bonchev–Trinajstić information content (AvgIpc) is 3.50. The molecule has 0 unspecified atom stereocenters. The summed E-state index contributed by atoms with van der Waals surface area (Å²) in [7, 11) is 1.60. The summed E-state index contributed by atoms with van der Waals surface area (Å²) in [6, 6.07) is 23.5. The van der Waals surface area contributed by atoms with Crippen molar-refractivity contribution in [1.29, 1.82) is 0 Å². The average molecular weight is 489 g/mol. The molecule has 0 atom stereocenters. The minimum Gasteiger partial charge on any atom is -0.495 e. The van der Waals surface area contributed by atoms with E-state index in [1.54, 1.807) is 7.11 Å². The third kappa shape index (κ3) is 4.53. The fourth-order valence-electron chi connectivity index (χ4n) is 3.54. The van der Waals surface area contributed by atoms with Crippen molar-refractivity contribution in [2.75, 3.05) is 7.11 Å². The van der Waals surface area contributed by atoms with Crippen LogP contribution in [0.25, 0.3) is 27.6 Å². The highest BCUT2D eigenvalue weighted by atomic mass is 35.5. The van der Waals surface area contributed by atoms with Crippen LogP contribution in [0.5, 0.6) is 11.5 Å². The van der Waals surface area contributed by atoms with E-state index in [4.69, 9.17) is 26.1 Å². The summed E-state index contributed by atoms with van der Waals surface area (Å²) < 4.78 is 12.9. The van der Waals surface area contributed by atoms with E-state index in [2.05, 4.69) is 10.3 Å². The van der Waals surface area contributed by atoms with E-state index < -0.39 is 0 Å². The lowest BCUT2D eigenvalue weighted by atomic mass is 10.1. The lowest BCUT2D eigenvalue weighted by molar-refractivity contribution is 0.306. The maximum absolute atomic E-state index is 6.28. The third-order valence-electron chi connectivity index (χ3n) is 5.38. The zero-order valence-electron chi connectivity index (χ0n) is 18.6. The van der Waals surface area contributed by atoms with Gasteiger partial charge in [0, 0.05) is 10.9 Å². The summed E-state index contributed by atoms with van der Waals surface area (Å²) in [5.41, 5.74) is 5.44. The summed E-state index contributed by atoms with van der Waals surface area (Å²) in [6.07, 6.45) is 0. The zero-order chi connectivity index (χ0) is 23.5. The maximum Gasteiger partial charge on any atom is 0.146 e. The van der Waals surface area contributed by atoms with Crippen LogP contribution in [-0.4, -0.2) is 27.1 Å². The van der Waals surface area contributed by atoms with Gasteiger partial charge in [-0.05, 0) is 55.0 Å². The molecular formula is C26H21ClN4O2S. The van der Waals surface area contributed by atoms with E-state index in [1.807, 2.05) is 89.8 Å². The predicted molar refractivity (Wildman–Crippen MR) is 135 cm³/mol. The van der Waals surface area contributed by atoms with E-state index >= 15 is 0 Å². The number of aromatic nitrogens is 4. The Hall–Kier alpha value is -3.68. The minimum absolute atomic E-state index is 0.526. The first-order chi connectivity index (χ1) is 16.6. The van der Waals surface area contributed by atoms with Crippen molar-refractivity contribution in [2.24, 2.45) is 0 Å². The molecular weight excluding hydrogens is 468 g/mol. The van der Waals surface area contributed by atoms with Gasteiger partial charge >= 0.3 is 0 Å². The summed E-state index contributed by atoms with van der Waals surface area (Å²) in [6.45, 7) is 2.51. The van der Waals surface area contributed by atoms with Gasteiger partial charge in [-0.25, -0.2) is 9.67 Å². The van der Waals surface area contributed by atoms with Crippen LogP contribution < -0.4 is 9.47 Å². The summed E-state index contributed by atoms with van der Waals surface area (Å²) in [4.78, 5) is 4.77. The molecule has 0 amide bonds. The van der Waals surface area contributed by atoms with E-state index in [-0.39, 0.29) is 0 Å². The number of benzene rings is 3. The van der Waals surface area contributed by atoms with E-state index in [0.717, 1.165) is 44.7 Å². The maximum atomic E-state index is 6.28. The molecule has 8 heteroatoms. The minimum atomic E-state index is 0.526. The molecule has 0 spiro atoms. The quantitative estimate of drug-likeness (QED) is 0.258. The molecule has 6 nitrogen and oxygen atoms in total. The molecule has 0 saturated heterocycles. The molecule has 0 aliphatic heterocycles. The number of hydrogen-bond donors (Lipinski definition) is 0. The molecule has 170 valence electrons. The van der Waals surface area contributed by atoms with Gasteiger partial charge in [-0.3, -0.25) is 0 Å². The summed E-state index contributed by atoms with van der Waals surface area (Å²) >= 11 is 7.80. The van der Waals surface area contributed by atoms with Crippen molar-refractivity contribution >= 4 is 22.9 Å². The Morgan fingerprint density at radius 3 is 2.53 bits per heavy atom. The van der Waals surface area contributed by atoms with E-state index in [1.165, 1.54) is 11.3 Å². The number of methoxy groups -OCH3 is 1. The van der Waals surface area contributed by atoms with Gasteiger partial charge in [0.15, 0.2) is 0 Å². The summed E-state index contributed by atoms with van der Waals surface area (Å²) in [5, 5.41) is 12.1. The molecule has 0 fully saturated rings. The topological polar surface area (TPSA) is 62.1 Å². The standard InChI is InChI=1S/C26H21ClN4O2S/c1-17-25(26-28-23(16-34-26)19-8-13-24(32-2)22(27)14-19)29-30-31(17)20-9-11-21(12-10-20)33-15-18-6-4-3-5-7-18/h3-14,16H,15H2,1-2H3. The second-order valence-electron chi connectivity index (χ2n) is 7.59. The largest absolute Gasteiger partial charge is 0.495 e. The number of nitrogens with zero attached hydrogens (tertiary/aromatic N) is 4. The zero-order valence-corrected chi connectivity index (χ0v) is 20.2. The van der Waals surface area contributed by atoms with Crippen LogP contribution in [0.1, 0.15) is 11.3 Å². The molecule has 5 aromatic rings. The fourth-order valence-corrected chi connectivity index (χ4v) is 4.66. The van der Waals surface area contributed by atoms with Crippen molar-refractivity contribution in [2.45, 2.75) is 13.5 Å². The Morgan fingerprint density at radius 2 is 1.79 bits per heavy atom. The smallest absolute Gasteiger partial charge is 0.146 e. The monoisotopic (exact) mass is 488 g/mol. The number of rotatable bonds is 7. The van der Waals surface area contributed by atoms with Crippen LogP contribution in [0, 0.1) is 6.92 Å².